The van der Waals surface area contributed by atoms with Gasteiger partial charge in [-0.05, 0) is 18.9 Å². The lowest BCUT2D eigenvalue weighted by molar-refractivity contribution is -0.384. The van der Waals surface area contributed by atoms with Gasteiger partial charge in [-0.3, -0.25) is 10.1 Å². The van der Waals surface area contributed by atoms with E-state index in [1.54, 1.807) is 0 Å². The minimum absolute atomic E-state index is 0.0330. The Kier molecular flexibility index (Phi) is 5.30. The number of hydrogen-bond donors (Lipinski definition) is 1. The van der Waals surface area contributed by atoms with Gasteiger partial charge in [-0.25, -0.2) is 8.42 Å². The summed E-state index contributed by atoms with van der Waals surface area (Å²) in [6.45, 7) is 5.70. The van der Waals surface area contributed by atoms with Crippen LogP contribution in [0.15, 0.2) is 23.1 Å². The van der Waals surface area contributed by atoms with Crippen LogP contribution in [0, 0.1) is 16.0 Å². The zero-order valence-electron chi connectivity index (χ0n) is 12.8. The summed E-state index contributed by atoms with van der Waals surface area (Å²) in [4.78, 5) is 10.3. The van der Waals surface area contributed by atoms with Crippen LogP contribution < -0.4 is 5.32 Å². The summed E-state index contributed by atoms with van der Waals surface area (Å²) in [6, 6.07) is 3.50. The molecular formula is C13H21N3O4S. The van der Waals surface area contributed by atoms with Gasteiger partial charge in [0.15, 0.2) is 0 Å². The van der Waals surface area contributed by atoms with E-state index >= 15 is 0 Å². The van der Waals surface area contributed by atoms with Crippen LogP contribution in [0.2, 0.25) is 0 Å². The molecule has 1 rings (SSSR count). The summed E-state index contributed by atoms with van der Waals surface area (Å²) in [6.07, 6.45) is 0. The Labute approximate surface area is 125 Å². The predicted molar refractivity (Wildman–Crippen MR) is 81.9 cm³/mol. The van der Waals surface area contributed by atoms with Gasteiger partial charge >= 0.3 is 0 Å². The molecule has 1 aromatic rings. The average Bonchev–Trinajstić information content (AvgIpc) is 2.44. The van der Waals surface area contributed by atoms with Crippen molar-refractivity contribution in [3.8, 4) is 0 Å². The van der Waals surface area contributed by atoms with Gasteiger partial charge in [-0.15, -0.1) is 0 Å². The molecule has 1 atom stereocenters. The largest absolute Gasteiger partial charge is 0.387 e. The lowest BCUT2D eigenvalue weighted by Crippen LogP contribution is -2.38. The van der Waals surface area contributed by atoms with E-state index in [9.17, 15) is 18.5 Å². The Morgan fingerprint density at radius 3 is 2.29 bits per heavy atom. The molecule has 0 heterocycles. The van der Waals surface area contributed by atoms with E-state index in [1.165, 1.54) is 36.6 Å². The molecule has 8 heteroatoms. The van der Waals surface area contributed by atoms with Gasteiger partial charge in [0.05, 0.1) is 10.6 Å². The summed E-state index contributed by atoms with van der Waals surface area (Å²) >= 11 is 0. The first kappa shape index (κ1) is 17.4. The molecule has 118 valence electrons. The van der Waals surface area contributed by atoms with Crippen LogP contribution in [0.4, 0.5) is 11.4 Å². The van der Waals surface area contributed by atoms with Crippen molar-refractivity contribution >= 4 is 21.4 Å². The Morgan fingerprint density at radius 1 is 1.29 bits per heavy atom. The number of nitrogens with zero attached hydrogens (tertiary/aromatic N) is 2. The fourth-order valence-corrected chi connectivity index (χ4v) is 3.52. The molecule has 1 unspecified atom stereocenters. The molecule has 21 heavy (non-hydrogen) atoms. The molecule has 0 aliphatic heterocycles. The average molecular weight is 315 g/mol. The Hall–Kier alpha value is -1.67. The Morgan fingerprint density at radius 2 is 1.86 bits per heavy atom. The number of benzene rings is 1. The molecule has 0 amide bonds. The molecule has 7 nitrogen and oxygen atoms in total. The number of rotatable bonds is 6. The summed E-state index contributed by atoms with van der Waals surface area (Å²) < 4.78 is 26.6. The molecule has 0 aliphatic carbocycles. The number of anilines is 1. The number of hydrogen-bond acceptors (Lipinski definition) is 5. The Balaban J connectivity index is 3.35. The number of sulfonamides is 1. The molecule has 0 fully saturated rings. The molecule has 0 bridgehead atoms. The molecule has 1 aromatic carbocycles. The highest BCUT2D eigenvalue weighted by atomic mass is 32.2. The minimum atomic E-state index is -3.72. The molecule has 1 N–H and O–H groups in total. The standard InChI is InChI=1S/C13H21N3O4S/c1-9(2)10(3)15(5)21(19,20)13-7-6-11(16(17)18)8-12(13)14-4/h6-10,14H,1-5H3. The van der Waals surface area contributed by atoms with Crippen molar-refractivity contribution in [1.29, 1.82) is 0 Å². The van der Waals surface area contributed by atoms with Gasteiger partial charge in [0.2, 0.25) is 10.0 Å². The van der Waals surface area contributed by atoms with Crippen molar-refractivity contribution < 1.29 is 13.3 Å². The minimum Gasteiger partial charge on any atom is -0.387 e. The maximum Gasteiger partial charge on any atom is 0.271 e. The van der Waals surface area contributed by atoms with E-state index in [-0.39, 0.29) is 28.2 Å². The zero-order chi connectivity index (χ0) is 16.4. The van der Waals surface area contributed by atoms with Crippen LogP contribution in [0.3, 0.4) is 0 Å². The first-order valence-corrected chi connectivity index (χ1v) is 8.01. The van der Waals surface area contributed by atoms with Crippen LogP contribution in [0.5, 0.6) is 0 Å². The van der Waals surface area contributed by atoms with E-state index in [0.29, 0.717) is 0 Å². The first-order chi connectivity index (χ1) is 9.62. The predicted octanol–water partition coefficient (Wildman–Crippen LogP) is 2.30. The lowest BCUT2D eigenvalue weighted by Gasteiger charge is -2.27. The second-order valence-corrected chi connectivity index (χ2v) is 7.16. The summed E-state index contributed by atoms with van der Waals surface area (Å²) in [5.74, 6) is 0.154. The summed E-state index contributed by atoms with van der Waals surface area (Å²) in [7, 11) is -0.674. The van der Waals surface area contributed by atoms with Gasteiger partial charge in [-0.2, -0.15) is 4.31 Å². The molecule has 0 aliphatic rings. The molecule has 0 aromatic heterocycles. The van der Waals surface area contributed by atoms with E-state index in [1.807, 2.05) is 20.8 Å². The molecule has 0 radical (unpaired) electrons. The van der Waals surface area contributed by atoms with Gasteiger partial charge in [0.25, 0.3) is 5.69 Å². The van der Waals surface area contributed by atoms with Crippen molar-refractivity contribution in [2.75, 3.05) is 19.4 Å². The fraction of sp³-hybridized carbons (Fsp3) is 0.538. The van der Waals surface area contributed by atoms with Crippen molar-refractivity contribution in [2.24, 2.45) is 5.92 Å². The van der Waals surface area contributed by atoms with E-state index < -0.39 is 14.9 Å². The zero-order valence-corrected chi connectivity index (χ0v) is 13.6. The smallest absolute Gasteiger partial charge is 0.271 e. The van der Waals surface area contributed by atoms with Gasteiger partial charge in [0.1, 0.15) is 4.90 Å². The van der Waals surface area contributed by atoms with Gasteiger partial charge < -0.3 is 5.32 Å². The highest BCUT2D eigenvalue weighted by molar-refractivity contribution is 7.89. The van der Waals surface area contributed by atoms with Crippen LogP contribution in [0.1, 0.15) is 20.8 Å². The normalized spacial score (nSPS) is 13.5. The van der Waals surface area contributed by atoms with E-state index in [2.05, 4.69) is 5.32 Å². The van der Waals surface area contributed by atoms with Gasteiger partial charge in [-0.1, -0.05) is 13.8 Å². The van der Waals surface area contributed by atoms with Crippen molar-refractivity contribution in [3.05, 3.63) is 28.3 Å². The number of nitro benzene ring substituents is 1. The third kappa shape index (κ3) is 3.51. The second kappa shape index (κ2) is 6.40. The van der Waals surface area contributed by atoms with Crippen LogP contribution in [-0.4, -0.2) is 37.8 Å². The monoisotopic (exact) mass is 315 g/mol. The van der Waals surface area contributed by atoms with Crippen molar-refractivity contribution in [2.45, 2.75) is 31.7 Å². The second-order valence-electron chi connectivity index (χ2n) is 5.19. The fourth-order valence-electron chi connectivity index (χ4n) is 1.85. The highest BCUT2D eigenvalue weighted by Crippen LogP contribution is 2.29. The topological polar surface area (TPSA) is 92.5 Å². The maximum atomic E-state index is 12.7. The molecule has 0 spiro atoms. The van der Waals surface area contributed by atoms with Crippen molar-refractivity contribution in [3.63, 3.8) is 0 Å². The van der Waals surface area contributed by atoms with E-state index in [0.717, 1.165) is 0 Å². The number of nitrogens with one attached hydrogen (secondary N) is 1. The van der Waals surface area contributed by atoms with Crippen LogP contribution in [-0.2, 0) is 10.0 Å². The third-order valence-electron chi connectivity index (χ3n) is 3.64. The van der Waals surface area contributed by atoms with Crippen LogP contribution in [0.25, 0.3) is 0 Å². The SMILES string of the molecule is CNc1cc([N+](=O)[O-])ccc1S(=O)(=O)N(C)C(C)C(C)C. The Bertz CT molecular complexity index is 628. The lowest BCUT2D eigenvalue weighted by atomic mass is 10.1. The third-order valence-corrected chi connectivity index (χ3v) is 5.64. The summed E-state index contributed by atoms with van der Waals surface area (Å²) in [5, 5.41) is 13.5. The van der Waals surface area contributed by atoms with Crippen LogP contribution >= 0.6 is 0 Å². The highest BCUT2D eigenvalue weighted by Gasteiger charge is 2.29. The van der Waals surface area contributed by atoms with Gasteiger partial charge in [0, 0.05) is 32.3 Å². The molecule has 0 saturated heterocycles. The number of non-ortho nitro benzene ring substituents is 1. The van der Waals surface area contributed by atoms with E-state index in [4.69, 9.17) is 0 Å². The molecular weight excluding hydrogens is 294 g/mol. The molecule has 0 saturated carbocycles. The summed E-state index contributed by atoms with van der Waals surface area (Å²) in [5.41, 5.74) is 0.0601. The number of nitro groups is 1. The quantitative estimate of drug-likeness (QED) is 0.642. The first-order valence-electron chi connectivity index (χ1n) is 6.57. The maximum absolute atomic E-state index is 12.7. The van der Waals surface area contributed by atoms with Crippen molar-refractivity contribution in [1.82, 2.24) is 4.31 Å².